The van der Waals surface area contributed by atoms with Crippen LogP contribution in [0.1, 0.15) is 28.0 Å². The molecule has 0 atom stereocenters. The van der Waals surface area contributed by atoms with Crippen LogP contribution in [0.5, 0.6) is 5.75 Å². The number of para-hydroxylation sites is 1. The molecule has 2 heterocycles. The van der Waals surface area contributed by atoms with Crippen LogP contribution < -0.4 is 15.0 Å². The molecule has 0 unspecified atom stereocenters. The van der Waals surface area contributed by atoms with Gasteiger partial charge in [-0.05, 0) is 54.3 Å². The fraction of sp³-hybridized carbons (Fsp3) is 0.217. The summed E-state index contributed by atoms with van der Waals surface area (Å²) in [7, 11) is 1.63. The lowest BCUT2D eigenvalue weighted by atomic mass is 10.0. The maximum absolute atomic E-state index is 12.4. The lowest BCUT2D eigenvalue weighted by Crippen LogP contribution is -2.26. The lowest BCUT2D eigenvalue weighted by molar-refractivity contribution is 0.0946. The number of amides is 1. The number of nitrogens with zero attached hydrogens (tertiary/aromatic N) is 2. The second-order valence-electron chi connectivity index (χ2n) is 6.82. The molecular formula is C23H23N3O2. The van der Waals surface area contributed by atoms with Gasteiger partial charge in [-0.15, -0.1) is 0 Å². The minimum atomic E-state index is -0.179. The van der Waals surface area contributed by atoms with E-state index in [1.807, 2.05) is 30.3 Å². The molecule has 5 nitrogen and oxygen atoms in total. The summed E-state index contributed by atoms with van der Waals surface area (Å²) in [5.74, 6) is 0.619. The van der Waals surface area contributed by atoms with Gasteiger partial charge in [-0.1, -0.05) is 30.3 Å². The molecule has 0 aliphatic carbocycles. The molecule has 28 heavy (non-hydrogen) atoms. The number of anilines is 2. The minimum absolute atomic E-state index is 0.179. The Morgan fingerprint density at radius 2 is 1.93 bits per heavy atom. The van der Waals surface area contributed by atoms with Crippen LogP contribution in [0.3, 0.4) is 0 Å². The fourth-order valence-electron chi connectivity index (χ4n) is 3.50. The SMILES string of the molecule is COc1ccc(CNC(=O)c2ccc(N3CCCc4ccccc43)cn2)cc1. The first kappa shape index (κ1) is 18.0. The van der Waals surface area contributed by atoms with Gasteiger partial charge in [0.05, 0.1) is 19.0 Å². The van der Waals surface area contributed by atoms with Gasteiger partial charge in [0, 0.05) is 18.8 Å². The molecule has 4 rings (SSSR count). The molecule has 0 saturated carbocycles. The van der Waals surface area contributed by atoms with Gasteiger partial charge >= 0.3 is 0 Å². The highest BCUT2D eigenvalue weighted by Gasteiger charge is 2.18. The molecule has 5 heteroatoms. The zero-order chi connectivity index (χ0) is 19.3. The third-order valence-corrected chi connectivity index (χ3v) is 5.01. The number of carbonyl (C=O) groups is 1. The zero-order valence-electron chi connectivity index (χ0n) is 15.9. The largest absolute Gasteiger partial charge is 0.497 e. The van der Waals surface area contributed by atoms with E-state index in [9.17, 15) is 4.79 Å². The Bertz CT molecular complexity index is 952. The maximum atomic E-state index is 12.4. The summed E-state index contributed by atoms with van der Waals surface area (Å²) in [6, 6.07) is 19.8. The molecule has 0 saturated heterocycles. The van der Waals surface area contributed by atoms with Crippen LogP contribution in [0.2, 0.25) is 0 Å². The zero-order valence-corrected chi connectivity index (χ0v) is 15.9. The smallest absolute Gasteiger partial charge is 0.270 e. The number of hydrogen-bond donors (Lipinski definition) is 1. The van der Waals surface area contributed by atoms with Crippen molar-refractivity contribution < 1.29 is 9.53 Å². The molecule has 3 aromatic rings. The minimum Gasteiger partial charge on any atom is -0.497 e. The lowest BCUT2D eigenvalue weighted by Gasteiger charge is -2.31. The Kier molecular flexibility index (Phi) is 5.24. The number of ether oxygens (including phenoxy) is 1. The molecule has 0 bridgehead atoms. The van der Waals surface area contributed by atoms with Crippen molar-refractivity contribution in [2.24, 2.45) is 0 Å². The maximum Gasteiger partial charge on any atom is 0.270 e. The van der Waals surface area contributed by atoms with E-state index in [4.69, 9.17) is 4.74 Å². The Balaban J connectivity index is 1.42. The second-order valence-corrected chi connectivity index (χ2v) is 6.82. The quantitative estimate of drug-likeness (QED) is 0.731. The average Bonchev–Trinajstić information content (AvgIpc) is 2.77. The van der Waals surface area contributed by atoms with E-state index in [-0.39, 0.29) is 5.91 Å². The van der Waals surface area contributed by atoms with Crippen LogP contribution in [0.25, 0.3) is 0 Å². The van der Waals surface area contributed by atoms with Crippen molar-refractivity contribution in [2.75, 3.05) is 18.6 Å². The van der Waals surface area contributed by atoms with Gasteiger partial charge in [-0.3, -0.25) is 4.79 Å². The fourth-order valence-corrected chi connectivity index (χ4v) is 3.50. The Morgan fingerprint density at radius 1 is 1.11 bits per heavy atom. The van der Waals surface area contributed by atoms with Crippen molar-refractivity contribution in [3.8, 4) is 5.75 Å². The topological polar surface area (TPSA) is 54.5 Å². The van der Waals surface area contributed by atoms with Crippen LogP contribution in [-0.4, -0.2) is 24.5 Å². The normalized spacial score (nSPS) is 13.0. The highest BCUT2D eigenvalue weighted by atomic mass is 16.5. The number of benzene rings is 2. The van der Waals surface area contributed by atoms with Crippen molar-refractivity contribution in [3.05, 3.63) is 83.7 Å². The number of rotatable bonds is 5. The van der Waals surface area contributed by atoms with Gasteiger partial charge in [0.1, 0.15) is 11.4 Å². The Morgan fingerprint density at radius 3 is 2.68 bits per heavy atom. The number of pyridine rings is 1. The summed E-state index contributed by atoms with van der Waals surface area (Å²) in [6.07, 6.45) is 4.00. The second kappa shape index (κ2) is 8.13. The van der Waals surface area contributed by atoms with Gasteiger partial charge in [0.15, 0.2) is 0 Å². The summed E-state index contributed by atoms with van der Waals surface area (Å²) in [6.45, 7) is 1.41. The number of fused-ring (bicyclic) bond motifs is 1. The summed E-state index contributed by atoms with van der Waals surface area (Å²) in [4.78, 5) is 19.1. The van der Waals surface area contributed by atoms with Crippen molar-refractivity contribution in [3.63, 3.8) is 0 Å². The molecule has 1 amide bonds. The van der Waals surface area contributed by atoms with E-state index in [0.717, 1.165) is 36.4 Å². The first-order chi connectivity index (χ1) is 13.7. The summed E-state index contributed by atoms with van der Waals surface area (Å²) >= 11 is 0. The molecular weight excluding hydrogens is 350 g/mol. The van der Waals surface area contributed by atoms with E-state index in [0.29, 0.717) is 12.2 Å². The average molecular weight is 373 g/mol. The predicted octanol–water partition coefficient (Wildman–Crippen LogP) is 4.10. The van der Waals surface area contributed by atoms with Crippen molar-refractivity contribution in [1.29, 1.82) is 0 Å². The molecule has 0 radical (unpaired) electrons. The Labute approximate surface area is 165 Å². The van der Waals surface area contributed by atoms with Crippen LogP contribution in [0.15, 0.2) is 66.9 Å². The number of methoxy groups -OCH3 is 1. The number of carbonyl (C=O) groups excluding carboxylic acids is 1. The molecule has 0 spiro atoms. The van der Waals surface area contributed by atoms with E-state index >= 15 is 0 Å². The van der Waals surface area contributed by atoms with Gasteiger partial charge in [0.2, 0.25) is 0 Å². The highest BCUT2D eigenvalue weighted by molar-refractivity contribution is 5.92. The van der Waals surface area contributed by atoms with Gasteiger partial charge in [-0.2, -0.15) is 0 Å². The van der Waals surface area contributed by atoms with E-state index in [2.05, 4.69) is 39.5 Å². The number of hydrogen-bond acceptors (Lipinski definition) is 4. The van der Waals surface area contributed by atoms with Gasteiger partial charge < -0.3 is 15.0 Å². The van der Waals surface area contributed by atoms with Crippen molar-refractivity contribution >= 4 is 17.3 Å². The number of aryl methyl sites for hydroxylation is 1. The molecule has 142 valence electrons. The first-order valence-corrected chi connectivity index (χ1v) is 9.47. The molecule has 1 aromatic heterocycles. The first-order valence-electron chi connectivity index (χ1n) is 9.47. The Hall–Kier alpha value is -3.34. The number of nitrogens with one attached hydrogen (secondary N) is 1. The third-order valence-electron chi connectivity index (χ3n) is 5.01. The summed E-state index contributed by atoms with van der Waals surface area (Å²) in [5.41, 5.74) is 5.03. The van der Waals surface area contributed by atoms with Crippen LogP contribution >= 0.6 is 0 Å². The van der Waals surface area contributed by atoms with Gasteiger partial charge in [-0.25, -0.2) is 4.98 Å². The number of aromatic nitrogens is 1. The van der Waals surface area contributed by atoms with Crippen LogP contribution in [0.4, 0.5) is 11.4 Å². The standard InChI is InChI=1S/C23H23N3O2/c1-28-20-11-8-17(9-12-20)15-25-23(27)21-13-10-19(16-24-21)26-14-4-6-18-5-2-3-7-22(18)26/h2-3,5,7-13,16H,4,6,14-15H2,1H3,(H,25,27). The summed E-state index contributed by atoms with van der Waals surface area (Å²) in [5, 5.41) is 2.91. The predicted molar refractivity (Wildman–Crippen MR) is 110 cm³/mol. The summed E-state index contributed by atoms with van der Waals surface area (Å²) < 4.78 is 5.15. The van der Waals surface area contributed by atoms with Crippen LogP contribution in [0, 0.1) is 0 Å². The van der Waals surface area contributed by atoms with Crippen molar-refractivity contribution in [1.82, 2.24) is 10.3 Å². The van der Waals surface area contributed by atoms with E-state index in [1.165, 1.54) is 11.3 Å². The van der Waals surface area contributed by atoms with Crippen molar-refractivity contribution in [2.45, 2.75) is 19.4 Å². The monoisotopic (exact) mass is 373 g/mol. The molecule has 1 aliphatic rings. The highest BCUT2D eigenvalue weighted by Crippen LogP contribution is 2.32. The van der Waals surface area contributed by atoms with E-state index < -0.39 is 0 Å². The van der Waals surface area contributed by atoms with Gasteiger partial charge in [0.25, 0.3) is 5.91 Å². The molecule has 1 aliphatic heterocycles. The third kappa shape index (κ3) is 3.83. The van der Waals surface area contributed by atoms with Crippen LogP contribution in [-0.2, 0) is 13.0 Å². The molecule has 0 fully saturated rings. The van der Waals surface area contributed by atoms with E-state index in [1.54, 1.807) is 19.4 Å². The molecule has 2 aromatic carbocycles. The molecule has 1 N–H and O–H groups in total.